The highest BCUT2D eigenvalue weighted by Gasteiger charge is 2.23. The molecule has 0 bridgehead atoms. The number of aromatic nitrogens is 1. The SMILES string of the molecule is COc1ccc(CC2CCN(C(=O)Cc3csc(NC(=O)c4ccccc4)n3)CC2)cc1. The summed E-state index contributed by atoms with van der Waals surface area (Å²) in [6, 6.07) is 17.3. The number of methoxy groups -OCH3 is 1. The summed E-state index contributed by atoms with van der Waals surface area (Å²) in [5.74, 6) is 1.36. The molecular formula is C25H27N3O3S. The molecule has 0 radical (unpaired) electrons. The van der Waals surface area contributed by atoms with Crippen molar-refractivity contribution in [1.29, 1.82) is 0 Å². The summed E-state index contributed by atoms with van der Waals surface area (Å²) >= 11 is 1.34. The van der Waals surface area contributed by atoms with E-state index in [2.05, 4.69) is 22.4 Å². The van der Waals surface area contributed by atoms with E-state index in [4.69, 9.17) is 4.74 Å². The molecule has 2 aromatic carbocycles. The van der Waals surface area contributed by atoms with Crippen molar-refractivity contribution in [2.24, 2.45) is 5.92 Å². The third kappa shape index (κ3) is 5.73. The molecule has 0 saturated carbocycles. The summed E-state index contributed by atoms with van der Waals surface area (Å²) < 4.78 is 5.22. The van der Waals surface area contributed by atoms with Crippen molar-refractivity contribution in [2.45, 2.75) is 25.7 Å². The number of anilines is 1. The molecule has 1 saturated heterocycles. The quantitative estimate of drug-likeness (QED) is 0.579. The Hall–Kier alpha value is -3.19. The predicted octanol–water partition coefficient (Wildman–Crippen LogP) is 4.43. The first-order valence-corrected chi connectivity index (χ1v) is 11.7. The molecule has 166 valence electrons. The van der Waals surface area contributed by atoms with E-state index in [-0.39, 0.29) is 18.2 Å². The van der Waals surface area contributed by atoms with Crippen LogP contribution in [0.3, 0.4) is 0 Å². The number of nitrogens with one attached hydrogen (secondary N) is 1. The first-order valence-electron chi connectivity index (χ1n) is 10.8. The van der Waals surface area contributed by atoms with Crippen molar-refractivity contribution >= 4 is 28.3 Å². The van der Waals surface area contributed by atoms with Gasteiger partial charge in [0.25, 0.3) is 5.91 Å². The average Bonchev–Trinajstić information content (AvgIpc) is 3.27. The minimum Gasteiger partial charge on any atom is -0.497 e. The van der Waals surface area contributed by atoms with Gasteiger partial charge in [-0.2, -0.15) is 0 Å². The van der Waals surface area contributed by atoms with Gasteiger partial charge in [0, 0.05) is 24.0 Å². The molecule has 1 fully saturated rings. The van der Waals surface area contributed by atoms with Crippen LogP contribution in [-0.4, -0.2) is 41.9 Å². The Labute approximate surface area is 192 Å². The molecule has 4 rings (SSSR count). The maximum atomic E-state index is 12.7. The third-order valence-corrected chi connectivity index (χ3v) is 6.60. The third-order valence-electron chi connectivity index (χ3n) is 5.79. The molecule has 1 aliphatic heterocycles. The smallest absolute Gasteiger partial charge is 0.257 e. The van der Waals surface area contributed by atoms with Crippen LogP contribution in [-0.2, 0) is 17.6 Å². The lowest BCUT2D eigenvalue weighted by molar-refractivity contribution is -0.131. The number of benzene rings is 2. The standard InChI is InChI=1S/C25H27N3O3S/c1-31-22-9-7-18(8-10-22)15-19-11-13-28(14-12-19)23(29)16-21-17-32-25(26-21)27-24(30)20-5-3-2-4-6-20/h2-10,17,19H,11-16H2,1H3,(H,26,27,30). The molecule has 1 aliphatic rings. The Morgan fingerprint density at radius 1 is 1.09 bits per heavy atom. The fourth-order valence-electron chi connectivity index (χ4n) is 3.95. The van der Waals surface area contributed by atoms with E-state index in [1.807, 2.05) is 40.6 Å². The molecule has 2 heterocycles. The summed E-state index contributed by atoms with van der Waals surface area (Å²) in [6.07, 6.45) is 3.31. The average molecular weight is 450 g/mol. The minimum atomic E-state index is -0.197. The molecule has 1 aromatic heterocycles. The van der Waals surface area contributed by atoms with E-state index in [9.17, 15) is 9.59 Å². The molecule has 32 heavy (non-hydrogen) atoms. The number of hydrogen-bond donors (Lipinski definition) is 1. The monoisotopic (exact) mass is 449 g/mol. The van der Waals surface area contributed by atoms with E-state index >= 15 is 0 Å². The van der Waals surface area contributed by atoms with Gasteiger partial charge in [-0.05, 0) is 55.0 Å². The van der Waals surface area contributed by atoms with Gasteiger partial charge in [-0.1, -0.05) is 30.3 Å². The van der Waals surface area contributed by atoms with Gasteiger partial charge < -0.3 is 9.64 Å². The molecule has 0 aliphatic carbocycles. The number of likely N-dealkylation sites (tertiary alicyclic amines) is 1. The molecule has 3 aromatic rings. The van der Waals surface area contributed by atoms with Gasteiger partial charge in [0.1, 0.15) is 5.75 Å². The lowest BCUT2D eigenvalue weighted by Gasteiger charge is -2.32. The second-order valence-electron chi connectivity index (χ2n) is 8.02. The van der Waals surface area contributed by atoms with Crippen molar-refractivity contribution in [1.82, 2.24) is 9.88 Å². The zero-order chi connectivity index (χ0) is 22.3. The fraction of sp³-hybridized carbons (Fsp3) is 0.320. The molecule has 6 nitrogen and oxygen atoms in total. The largest absolute Gasteiger partial charge is 0.497 e. The Morgan fingerprint density at radius 2 is 1.81 bits per heavy atom. The van der Waals surface area contributed by atoms with Gasteiger partial charge in [-0.25, -0.2) is 4.98 Å². The second kappa shape index (κ2) is 10.4. The number of rotatable bonds is 7. The number of thiazole rings is 1. The van der Waals surface area contributed by atoms with Crippen molar-refractivity contribution < 1.29 is 14.3 Å². The molecule has 0 atom stereocenters. The first-order chi connectivity index (χ1) is 15.6. The highest BCUT2D eigenvalue weighted by Crippen LogP contribution is 2.24. The maximum absolute atomic E-state index is 12.7. The van der Waals surface area contributed by atoms with E-state index in [1.165, 1.54) is 16.9 Å². The highest BCUT2D eigenvalue weighted by molar-refractivity contribution is 7.14. The topological polar surface area (TPSA) is 71.5 Å². The lowest BCUT2D eigenvalue weighted by Crippen LogP contribution is -2.39. The Morgan fingerprint density at radius 3 is 2.50 bits per heavy atom. The molecule has 0 spiro atoms. The predicted molar refractivity (Wildman–Crippen MR) is 126 cm³/mol. The molecule has 7 heteroatoms. The van der Waals surface area contributed by atoms with Crippen LogP contribution in [0.4, 0.5) is 5.13 Å². The van der Waals surface area contributed by atoms with Gasteiger partial charge in [0.15, 0.2) is 5.13 Å². The molecule has 2 amide bonds. The van der Waals surface area contributed by atoms with Gasteiger partial charge in [0.2, 0.25) is 5.91 Å². The molecule has 0 unspecified atom stereocenters. The summed E-state index contributed by atoms with van der Waals surface area (Å²) in [6.45, 7) is 1.56. The molecule has 1 N–H and O–H groups in total. The number of nitrogens with zero attached hydrogens (tertiary/aromatic N) is 2. The second-order valence-corrected chi connectivity index (χ2v) is 8.88. The van der Waals surface area contributed by atoms with Gasteiger partial charge in [-0.3, -0.25) is 14.9 Å². The van der Waals surface area contributed by atoms with Crippen LogP contribution in [0.2, 0.25) is 0 Å². The van der Waals surface area contributed by atoms with Crippen LogP contribution in [0.1, 0.15) is 34.5 Å². The maximum Gasteiger partial charge on any atom is 0.257 e. The zero-order valence-electron chi connectivity index (χ0n) is 18.1. The van der Waals surface area contributed by atoms with Crippen LogP contribution >= 0.6 is 11.3 Å². The Balaban J connectivity index is 1.24. The molecular weight excluding hydrogens is 422 g/mol. The van der Waals surface area contributed by atoms with Crippen LogP contribution in [0.5, 0.6) is 5.75 Å². The van der Waals surface area contributed by atoms with Gasteiger partial charge in [-0.15, -0.1) is 11.3 Å². The van der Waals surface area contributed by atoms with Crippen LogP contribution in [0.25, 0.3) is 0 Å². The Kier molecular flexibility index (Phi) is 7.17. The lowest BCUT2D eigenvalue weighted by atomic mass is 9.90. The summed E-state index contributed by atoms with van der Waals surface area (Å²) in [5.41, 5.74) is 2.59. The summed E-state index contributed by atoms with van der Waals surface area (Å²) in [4.78, 5) is 31.4. The van der Waals surface area contributed by atoms with Crippen molar-refractivity contribution in [2.75, 3.05) is 25.5 Å². The fourth-order valence-corrected chi connectivity index (χ4v) is 4.66. The number of piperidine rings is 1. The number of carbonyl (C=O) groups is 2. The van der Waals surface area contributed by atoms with Gasteiger partial charge >= 0.3 is 0 Å². The van der Waals surface area contributed by atoms with E-state index < -0.39 is 0 Å². The van der Waals surface area contributed by atoms with Gasteiger partial charge in [0.05, 0.1) is 19.2 Å². The normalized spacial score (nSPS) is 14.2. The van der Waals surface area contributed by atoms with Crippen molar-refractivity contribution in [3.05, 3.63) is 76.8 Å². The summed E-state index contributed by atoms with van der Waals surface area (Å²) in [5, 5.41) is 5.16. The van der Waals surface area contributed by atoms with Crippen LogP contribution < -0.4 is 10.1 Å². The minimum absolute atomic E-state index is 0.0964. The van der Waals surface area contributed by atoms with Crippen molar-refractivity contribution in [3.8, 4) is 5.75 Å². The van der Waals surface area contributed by atoms with Crippen molar-refractivity contribution in [3.63, 3.8) is 0 Å². The van der Waals surface area contributed by atoms with E-state index in [0.29, 0.717) is 22.3 Å². The van der Waals surface area contributed by atoms with E-state index in [1.54, 1.807) is 19.2 Å². The first kappa shape index (κ1) is 22.0. The van der Waals surface area contributed by atoms with Crippen LogP contribution in [0.15, 0.2) is 60.0 Å². The van der Waals surface area contributed by atoms with E-state index in [0.717, 1.165) is 38.1 Å². The number of carbonyl (C=O) groups excluding carboxylic acids is 2. The zero-order valence-corrected chi connectivity index (χ0v) is 18.9. The highest BCUT2D eigenvalue weighted by atomic mass is 32.1. The number of ether oxygens (including phenoxy) is 1. The number of hydrogen-bond acceptors (Lipinski definition) is 5. The Bertz CT molecular complexity index is 1040. The van der Waals surface area contributed by atoms with Crippen LogP contribution in [0, 0.1) is 5.92 Å². The number of amides is 2. The summed E-state index contributed by atoms with van der Waals surface area (Å²) in [7, 11) is 1.68.